The molecule has 2 amide bonds. The number of methoxy groups -OCH3 is 1. The average Bonchev–Trinajstić information content (AvgIpc) is 2.86. The number of rotatable bonds is 6. The molecule has 6 nitrogen and oxygen atoms in total. The molecule has 1 heterocycles. The predicted molar refractivity (Wildman–Crippen MR) is 138 cm³/mol. The number of hydrogen-bond acceptors (Lipinski definition) is 5. The van der Waals surface area contributed by atoms with Crippen LogP contribution in [0.2, 0.25) is 5.02 Å². The molecule has 0 aliphatic carbocycles. The molecule has 1 atom stereocenters. The van der Waals surface area contributed by atoms with E-state index in [1.807, 2.05) is 0 Å². The summed E-state index contributed by atoms with van der Waals surface area (Å²) in [4.78, 5) is 31.9. The number of benzene rings is 3. The van der Waals surface area contributed by atoms with Gasteiger partial charge >= 0.3 is 6.18 Å². The highest BCUT2D eigenvalue weighted by Gasteiger charge is 2.36. The Balaban J connectivity index is 1.64. The molecule has 1 saturated heterocycles. The van der Waals surface area contributed by atoms with Crippen LogP contribution in [-0.4, -0.2) is 34.2 Å². The second kappa shape index (κ2) is 11.3. The molecule has 1 aliphatic rings. The third kappa shape index (κ3) is 6.84. The topological polar surface area (TPSA) is 71.0 Å². The van der Waals surface area contributed by atoms with Crippen molar-refractivity contribution in [3.8, 4) is 5.75 Å². The molecule has 1 N–H and O–H groups in total. The minimum atomic E-state index is -4.55. The van der Waals surface area contributed by atoms with Crippen LogP contribution in [0.5, 0.6) is 5.75 Å². The number of amidine groups is 1. The minimum Gasteiger partial charge on any atom is -0.497 e. The number of alkyl halides is 3. The van der Waals surface area contributed by atoms with E-state index in [0.29, 0.717) is 16.5 Å². The third-order valence-electron chi connectivity index (χ3n) is 5.42. The quantitative estimate of drug-likeness (QED) is 0.381. The van der Waals surface area contributed by atoms with Gasteiger partial charge in [0.05, 0.1) is 24.9 Å². The van der Waals surface area contributed by atoms with Crippen LogP contribution in [0.3, 0.4) is 0 Å². The molecule has 1 fully saturated rings. The summed E-state index contributed by atoms with van der Waals surface area (Å²) in [5.74, 6) is -0.188. The van der Waals surface area contributed by atoms with Crippen molar-refractivity contribution in [2.45, 2.75) is 24.4 Å². The van der Waals surface area contributed by atoms with E-state index in [0.717, 1.165) is 29.5 Å². The molecule has 3 aromatic rings. The standard InChI is InChI=1S/C26H21ClF3N3O3S/c1-36-21-10-8-16(9-11-21)15-33-23(34)14-22(24(35)31-20-7-3-5-18(27)13-20)37-25(33)32-19-6-2-4-17(12-19)26(28,29)30/h2-13,22H,14-15H2,1H3,(H,31,35)/t22-/m1/s1. The first-order valence-electron chi connectivity index (χ1n) is 11.0. The van der Waals surface area contributed by atoms with Gasteiger partial charge in [0, 0.05) is 17.1 Å². The van der Waals surface area contributed by atoms with E-state index in [1.54, 1.807) is 48.5 Å². The lowest BCUT2D eigenvalue weighted by molar-refractivity contribution is -0.137. The number of nitrogens with zero attached hydrogens (tertiary/aromatic N) is 2. The number of thioether (sulfide) groups is 1. The largest absolute Gasteiger partial charge is 0.497 e. The number of halogens is 4. The normalized spacial score (nSPS) is 17.1. The Morgan fingerprint density at radius 3 is 2.54 bits per heavy atom. The van der Waals surface area contributed by atoms with E-state index in [2.05, 4.69) is 10.3 Å². The van der Waals surface area contributed by atoms with Gasteiger partial charge in [-0.3, -0.25) is 14.5 Å². The maximum absolute atomic E-state index is 13.2. The molecule has 1 aliphatic heterocycles. The maximum atomic E-state index is 13.2. The second-order valence-electron chi connectivity index (χ2n) is 8.08. The van der Waals surface area contributed by atoms with Gasteiger partial charge in [0.25, 0.3) is 0 Å². The van der Waals surface area contributed by atoms with Crippen LogP contribution in [0.25, 0.3) is 0 Å². The molecule has 3 aromatic carbocycles. The van der Waals surface area contributed by atoms with Crippen molar-refractivity contribution in [3.05, 3.63) is 88.9 Å². The maximum Gasteiger partial charge on any atom is 0.416 e. The molecule has 0 saturated carbocycles. The van der Waals surface area contributed by atoms with E-state index in [1.165, 1.54) is 24.1 Å². The highest BCUT2D eigenvalue weighted by atomic mass is 35.5. The van der Waals surface area contributed by atoms with Gasteiger partial charge < -0.3 is 10.1 Å². The van der Waals surface area contributed by atoms with Gasteiger partial charge in [0.2, 0.25) is 11.8 Å². The lowest BCUT2D eigenvalue weighted by Gasteiger charge is -2.32. The first-order valence-corrected chi connectivity index (χ1v) is 12.3. The summed E-state index contributed by atoms with van der Waals surface area (Å²) in [5, 5.41) is 2.44. The van der Waals surface area contributed by atoms with Crippen LogP contribution in [-0.2, 0) is 22.3 Å². The van der Waals surface area contributed by atoms with Crippen LogP contribution in [0, 0.1) is 0 Å². The smallest absolute Gasteiger partial charge is 0.416 e. The molecule has 0 spiro atoms. The summed E-state index contributed by atoms with van der Waals surface area (Å²) in [5.41, 5.74) is 0.370. The number of anilines is 1. The number of carbonyl (C=O) groups is 2. The van der Waals surface area contributed by atoms with Crippen molar-refractivity contribution in [1.29, 1.82) is 0 Å². The number of ether oxygens (including phenoxy) is 1. The molecule has 11 heteroatoms. The average molecular weight is 548 g/mol. The van der Waals surface area contributed by atoms with Gasteiger partial charge in [-0.1, -0.05) is 47.6 Å². The number of carbonyl (C=O) groups excluding carboxylic acids is 2. The molecule has 0 aromatic heterocycles. The van der Waals surface area contributed by atoms with Gasteiger partial charge in [0.15, 0.2) is 5.17 Å². The number of nitrogens with one attached hydrogen (secondary N) is 1. The summed E-state index contributed by atoms with van der Waals surface area (Å²) >= 11 is 7.00. The van der Waals surface area contributed by atoms with Crippen molar-refractivity contribution < 1.29 is 27.5 Å². The van der Waals surface area contributed by atoms with Gasteiger partial charge in [-0.2, -0.15) is 13.2 Å². The van der Waals surface area contributed by atoms with Crippen molar-refractivity contribution in [2.75, 3.05) is 12.4 Å². The molecule has 0 unspecified atom stereocenters. The molecule has 4 rings (SSSR count). The molecule has 0 bridgehead atoms. The van der Waals surface area contributed by atoms with Crippen molar-refractivity contribution in [1.82, 2.24) is 4.90 Å². The first-order chi connectivity index (χ1) is 17.6. The lowest BCUT2D eigenvalue weighted by atomic mass is 10.2. The number of hydrogen-bond donors (Lipinski definition) is 1. The molecular formula is C26H21ClF3N3O3S. The SMILES string of the molecule is COc1ccc(CN2C(=O)C[C@H](C(=O)Nc3cccc(Cl)c3)SC2=Nc2cccc(C(F)(F)F)c2)cc1. The zero-order chi connectivity index (χ0) is 26.6. The van der Waals surface area contributed by atoms with E-state index in [9.17, 15) is 22.8 Å². The summed E-state index contributed by atoms with van der Waals surface area (Å²) in [7, 11) is 1.54. The Hall–Kier alpha value is -3.50. The van der Waals surface area contributed by atoms with Crippen LogP contribution in [0.4, 0.5) is 24.5 Å². The summed E-state index contributed by atoms with van der Waals surface area (Å²) < 4.78 is 44.9. The molecule has 37 heavy (non-hydrogen) atoms. The highest BCUT2D eigenvalue weighted by molar-refractivity contribution is 8.15. The lowest BCUT2D eigenvalue weighted by Crippen LogP contribution is -2.44. The van der Waals surface area contributed by atoms with Crippen molar-refractivity contribution in [2.24, 2.45) is 4.99 Å². The van der Waals surface area contributed by atoms with Gasteiger partial charge in [0.1, 0.15) is 11.0 Å². The van der Waals surface area contributed by atoms with E-state index in [-0.39, 0.29) is 29.7 Å². The Labute approximate surface area is 220 Å². The Morgan fingerprint density at radius 2 is 1.86 bits per heavy atom. The van der Waals surface area contributed by atoms with Crippen LogP contribution >= 0.6 is 23.4 Å². The van der Waals surface area contributed by atoms with Gasteiger partial charge in [-0.15, -0.1) is 0 Å². The fourth-order valence-corrected chi connectivity index (χ4v) is 4.85. The first kappa shape index (κ1) is 26.6. The highest BCUT2D eigenvalue weighted by Crippen LogP contribution is 2.34. The van der Waals surface area contributed by atoms with E-state index < -0.39 is 22.9 Å². The fraction of sp³-hybridized carbons (Fsp3) is 0.192. The van der Waals surface area contributed by atoms with Crippen LogP contribution in [0.15, 0.2) is 77.8 Å². The van der Waals surface area contributed by atoms with Gasteiger partial charge in [-0.25, -0.2) is 4.99 Å². The van der Waals surface area contributed by atoms with Gasteiger partial charge in [-0.05, 0) is 54.1 Å². The van der Waals surface area contributed by atoms with Crippen molar-refractivity contribution in [3.63, 3.8) is 0 Å². The van der Waals surface area contributed by atoms with E-state index >= 15 is 0 Å². The second-order valence-corrected chi connectivity index (χ2v) is 9.69. The number of aliphatic imine (C=N–C) groups is 1. The predicted octanol–water partition coefficient (Wildman–Crippen LogP) is 6.53. The molecule has 0 radical (unpaired) electrons. The zero-order valence-electron chi connectivity index (χ0n) is 19.5. The monoisotopic (exact) mass is 547 g/mol. The van der Waals surface area contributed by atoms with Crippen LogP contribution in [0.1, 0.15) is 17.5 Å². The Morgan fingerprint density at radius 1 is 1.14 bits per heavy atom. The zero-order valence-corrected chi connectivity index (χ0v) is 21.0. The molecular weight excluding hydrogens is 527 g/mol. The minimum absolute atomic E-state index is 0.0146. The Kier molecular flexibility index (Phi) is 8.09. The van der Waals surface area contributed by atoms with Crippen LogP contribution < -0.4 is 10.1 Å². The summed E-state index contributed by atoms with van der Waals surface area (Å²) in [6.07, 6.45) is -4.66. The Bertz CT molecular complexity index is 1330. The van der Waals surface area contributed by atoms with E-state index in [4.69, 9.17) is 16.3 Å². The summed E-state index contributed by atoms with van der Waals surface area (Å²) in [6, 6.07) is 18.1. The van der Waals surface area contributed by atoms with Crippen molar-refractivity contribution >= 4 is 51.7 Å². The third-order valence-corrected chi connectivity index (χ3v) is 6.85. The number of amides is 2. The summed E-state index contributed by atoms with van der Waals surface area (Å²) in [6.45, 7) is 0.121. The molecule has 192 valence electrons. The fourth-order valence-electron chi connectivity index (χ4n) is 3.56.